The summed E-state index contributed by atoms with van der Waals surface area (Å²) in [5.74, 6) is -1.28. The number of carbonyl (C=O) groups is 2. The van der Waals surface area contributed by atoms with E-state index in [-0.39, 0.29) is 11.9 Å². The zero-order valence-corrected chi connectivity index (χ0v) is 10.4. The highest BCUT2D eigenvalue weighted by Gasteiger charge is 2.36. The van der Waals surface area contributed by atoms with Gasteiger partial charge in [0.2, 0.25) is 5.91 Å². The lowest BCUT2D eigenvalue weighted by atomic mass is 9.91. The van der Waals surface area contributed by atoms with Gasteiger partial charge in [0, 0.05) is 13.5 Å². The van der Waals surface area contributed by atoms with Crippen LogP contribution in [0.5, 0.6) is 0 Å². The maximum Gasteiger partial charge on any atom is 0.308 e. The van der Waals surface area contributed by atoms with Crippen LogP contribution < -0.4 is 0 Å². The SMILES string of the molecule is CN1C(=O)CCCC(C(=O)O)C1c1ccsc1. The largest absolute Gasteiger partial charge is 0.481 e. The van der Waals surface area contributed by atoms with Crippen LogP contribution in [0.4, 0.5) is 0 Å². The topological polar surface area (TPSA) is 57.6 Å². The third kappa shape index (κ3) is 2.34. The minimum absolute atomic E-state index is 0.0324. The number of aliphatic carboxylic acids is 1. The summed E-state index contributed by atoms with van der Waals surface area (Å²) in [6.07, 6.45) is 1.66. The molecule has 0 spiro atoms. The van der Waals surface area contributed by atoms with Gasteiger partial charge < -0.3 is 10.0 Å². The van der Waals surface area contributed by atoms with Crippen molar-refractivity contribution >= 4 is 23.2 Å². The number of nitrogens with zero attached hydrogens (tertiary/aromatic N) is 1. The second-order valence-corrected chi connectivity index (χ2v) is 5.12. The number of amides is 1. The molecule has 17 heavy (non-hydrogen) atoms. The number of thiophene rings is 1. The van der Waals surface area contributed by atoms with Gasteiger partial charge in [-0.3, -0.25) is 9.59 Å². The minimum atomic E-state index is -0.817. The molecule has 92 valence electrons. The molecule has 1 amide bonds. The summed E-state index contributed by atoms with van der Waals surface area (Å²) in [6, 6.07) is 1.58. The average molecular weight is 253 g/mol. The first-order valence-corrected chi connectivity index (χ1v) is 6.56. The van der Waals surface area contributed by atoms with Crippen LogP contribution in [-0.4, -0.2) is 28.9 Å². The van der Waals surface area contributed by atoms with Crippen LogP contribution in [0.3, 0.4) is 0 Å². The minimum Gasteiger partial charge on any atom is -0.481 e. The molecule has 1 fully saturated rings. The molecule has 1 aliphatic heterocycles. The smallest absolute Gasteiger partial charge is 0.308 e. The first-order valence-electron chi connectivity index (χ1n) is 5.62. The predicted octanol–water partition coefficient (Wildman–Crippen LogP) is 2.13. The van der Waals surface area contributed by atoms with Crippen molar-refractivity contribution in [3.8, 4) is 0 Å². The Morgan fingerprint density at radius 3 is 2.94 bits per heavy atom. The van der Waals surface area contributed by atoms with Crippen molar-refractivity contribution in [3.63, 3.8) is 0 Å². The van der Waals surface area contributed by atoms with Gasteiger partial charge in [-0.05, 0) is 35.2 Å². The third-order valence-corrected chi connectivity index (χ3v) is 4.00. The van der Waals surface area contributed by atoms with Gasteiger partial charge in [0.25, 0.3) is 0 Å². The van der Waals surface area contributed by atoms with Gasteiger partial charge >= 0.3 is 5.97 Å². The van der Waals surface area contributed by atoms with Crippen molar-refractivity contribution in [3.05, 3.63) is 22.4 Å². The maximum absolute atomic E-state index is 11.8. The summed E-state index contributed by atoms with van der Waals surface area (Å²) in [6.45, 7) is 0. The van der Waals surface area contributed by atoms with E-state index in [0.717, 1.165) is 5.56 Å². The molecule has 0 bridgehead atoms. The molecule has 1 aliphatic rings. The van der Waals surface area contributed by atoms with Crippen molar-refractivity contribution in [2.75, 3.05) is 7.05 Å². The zero-order chi connectivity index (χ0) is 12.4. The van der Waals surface area contributed by atoms with E-state index in [9.17, 15) is 14.7 Å². The normalized spacial score (nSPS) is 25.7. The molecule has 0 saturated carbocycles. The van der Waals surface area contributed by atoms with Crippen molar-refractivity contribution in [2.24, 2.45) is 5.92 Å². The number of hydrogen-bond acceptors (Lipinski definition) is 3. The van der Waals surface area contributed by atoms with Crippen molar-refractivity contribution < 1.29 is 14.7 Å². The number of carboxylic acids is 1. The summed E-state index contributed by atoms with van der Waals surface area (Å²) in [5, 5.41) is 13.1. The maximum atomic E-state index is 11.8. The van der Waals surface area contributed by atoms with E-state index in [2.05, 4.69) is 0 Å². The number of carboxylic acid groups (broad SMARTS) is 1. The van der Waals surface area contributed by atoms with Crippen LogP contribution in [0.1, 0.15) is 30.9 Å². The first-order chi connectivity index (χ1) is 8.11. The van der Waals surface area contributed by atoms with Gasteiger partial charge in [-0.15, -0.1) is 0 Å². The highest BCUT2D eigenvalue weighted by molar-refractivity contribution is 7.08. The van der Waals surface area contributed by atoms with Crippen molar-refractivity contribution in [1.82, 2.24) is 4.90 Å². The highest BCUT2D eigenvalue weighted by atomic mass is 32.1. The molecular weight excluding hydrogens is 238 g/mol. The second-order valence-electron chi connectivity index (χ2n) is 4.34. The fourth-order valence-corrected chi connectivity index (χ4v) is 3.08. The van der Waals surface area contributed by atoms with Crippen LogP contribution in [0.25, 0.3) is 0 Å². The highest BCUT2D eigenvalue weighted by Crippen LogP contribution is 2.35. The summed E-state index contributed by atoms with van der Waals surface area (Å²) in [7, 11) is 1.70. The van der Waals surface area contributed by atoms with Gasteiger partial charge in [-0.1, -0.05) is 0 Å². The Kier molecular flexibility index (Phi) is 3.47. The summed E-state index contributed by atoms with van der Waals surface area (Å²) in [5.41, 5.74) is 0.931. The fourth-order valence-electron chi connectivity index (χ4n) is 2.39. The van der Waals surface area contributed by atoms with Gasteiger partial charge in [-0.2, -0.15) is 11.3 Å². The molecule has 1 aromatic rings. The summed E-state index contributed by atoms with van der Waals surface area (Å²) < 4.78 is 0. The Morgan fingerprint density at radius 2 is 2.35 bits per heavy atom. The number of rotatable bonds is 2. The monoisotopic (exact) mass is 253 g/mol. The molecule has 2 heterocycles. The van der Waals surface area contributed by atoms with E-state index in [1.54, 1.807) is 11.9 Å². The van der Waals surface area contributed by atoms with Gasteiger partial charge in [0.15, 0.2) is 0 Å². The molecule has 2 atom stereocenters. The average Bonchev–Trinajstić information content (AvgIpc) is 2.75. The van der Waals surface area contributed by atoms with Gasteiger partial charge in [0.05, 0.1) is 12.0 Å². The molecule has 1 saturated heterocycles. The van der Waals surface area contributed by atoms with E-state index in [1.165, 1.54) is 11.3 Å². The molecule has 5 heteroatoms. The quantitative estimate of drug-likeness (QED) is 0.878. The van der Waals surface area contributed by atoms with Crippen LogP contribution in [-0.2, 0) is 9.59 Å². The molecule has 2 rings (SSSR count). The van der Waals surface area contributed by atoms with E-state index < -0.39 is 11.9 Å². The molecular formula is C12H15NO3S. The molecule has 0 aliphatic carbocycles. The Morgan fingerprint density at radius 1 is 1.59 bits per heavy atom. The van der Waals surface area contributed by atoms with Crippen molar-refractivity contribution in [1.29, 1.82) is 0 Å². The Balaban J connectivity index is 2.37. The Bertz CT molecular complexity index is 415. The molecule has 1 N–H and O–H groups in total. The molecule has 1 aromatic heterocycles. The number of hydrogen-bond donors (Lipinski definition) is 1. The predicted molar refractivity (Wildman–Crippen MR) is 64.8 cm³/mol. The molecule has 2 unspecified atom stereocenters. The lowest BCUT2D eigenvalue weighted by molar-refractivity contribution is -0.145. The third-order valence-electron chi connectivity index (χ3n) is 3.30. The zero-order valence-electron chi connectivity index (χ0n) is 9.63. The van der Waals surface area contributed by atoms with Gasteiger partial charge in [-0.25, -0.2) is 0 Å². The fraction of sp³-hybridized carbons (Fsp3) is 0.500. The standard InChI is InChI=1S/C12H15NO3S/c1-13-10(14)4-2-3-9(12(15)16)11(13)8-5-6-17-7-8/h5-7,9,11H,2-4H2,1H3,(H,15,16). The van der Waals surface area contributed by atoms with Crippen LogP contribution in [0.2, 0.25) is 0 Å². The number of likely N-dealkylation sites (tertiary alicyclic amines) is 1. The van der Waals surface area contributed by atoms with Crippen molar-refractivity contribution in [2.45, 2.75) is 25.3 Å². The van der Waals surface area contributed by atoms with E-state index in [4.69, 9.17) is 0 Å². The van der Waals surface area contributed by atoms with E-state index in [0.29, 0.717) is 19.3 Å². The first kappa shape index (κ1) is 12.1. The molecule has 0 radical (unpaired) electrons. The van der Waals surface area contributed by atoms with Crippen LogP contribution >= 0.6 is 11.3 Å². The van der Waals surface area contributed by atoms with E-state index >= 15 is 0 Å². The van der Waals surface area contributed by atoms with E-state index in [1.807, 2.05) is 16.8 Å². The molecule has 0 aromatic carbocycles. The van der Waals surface area contributed by atoms with Gasteiger partial charge in [0.1, 0.15) is 0 Å². The Hall–Kier alpha value is -1.36. The lowest BCUT2D eigenvalue weighted by Crippen LogP contribution is -2.35. The number of carbonyl (C=O) groups excluding carboxylic acids is 1. The Labute approximate surface area is 104 Å². The summed E-state index contributed by atoms with van der Waals surface area (Å²) in [4.78, 5) is 24.7. The second kappa shape index (κ2) is 4.87. The van der Waals surface area contributed by atoms with Crippen LogP contribution in [0, 0.1) is 5.92 Å². The van der Waals surface area contributed by atoms with Crippen LogP contribution in [0.15, 0.2) is 16.8 Å². The molecule has 4 nitrogen and oxygen atoms in total. The summed E-state index contributed by atoms with van der Waals surface area (Å²) >= 11 is 1.53. The lowest BCUT2D eigenvalue weighted by Gasteiger charge is -2.29.